The van der Waals surface area contributed by atoms with Crippen LogP contribution in [0.5, 0.6) is 11.6 Å². The number of aromatic amines is 1. The molecule has 1 aromatic carbocycles. The molecule has 27 heavy (non-hydrogen) atoms. The third-order valence-electron chi connectivity index (χ3n) is 4.89. The van der Waals surface area contributed by atoms with Gasteiger partial charge in [0.25, 0.3) is 11.5 Å². The maximum absolute atomic E-state index is 13.8. The van der Waals surface area contributed by atoms with E-state index in [9.17, 15) is 18.4 Å². The number of rotatable bonds is 3. The average molecular weight is 416 g/mol. The molecule has 1 saturated carbocycles. The Morgan fingerprint density at radius 1 is 1.26 bits per heavy atom. The Morgan fingerprint density at radius 2 is 1.85 bits per heavy atom. The zero-order chi connectivity index (χ0) is 19.5. The molecule has 1 amide bonds. The van der Waals surface area contributed by atoms with E-state index in [1.165, 1.54) is 19.1 Å². The maximum Gasteiger partial charge on any atom is 0.267 e. The van der Waals surface area contributed by atoms with E-state index in [0.717, 1.165) is 0 Å². The van der Waals surface area contributed by atoms with Crippen LogP contribution in [0.15, 0.2) is 16.9 Å². The molecule has 2 unspecified atom stereocenters. The Labute approximate surface area is 161 Å². The van der Waals surface area contributed by atoms with Crippen LogP contribution in [-0.2, 0) is 17.6 Å². The molecule has 4 rings (SSSR count). The largest absolute Gasteiger partial charge is 0.434 e. The van der Waals surface area contributed by atoms with Crippen molar-refractivity contribution in [1.29, 1.82) is 0 Å². The monoisotopic (exact) mass is 415 g/mol. The SMILES string of the molecule is CC(=O)Nc1cc(Cl)c(Oc2n[nH]c(=O)c3c2CC2C(C3)C2(F)F)c(Cl)c1. The Kier molecular flexibility index (Phi) is 4.16. The smallest absolute Gasteiger partial charge is 0.267 e. The summed E-state index contributed by atoms with van der Waals surface area (Å²) in [5.74, 6) is -4.67. The van der Waals surface area contributed by atoms with Gasteiger partial charge in [0, 0.05) is 35.6 Å². The summed E-state index contributed by atoms with van der Waals surface area (Å²) in [4.78, 5) is 23.2. The van der Waals surface area contributed by atoms with Crippen molar-refractivity contribution in [2.24, 2.45) is 11.8 Å². The molecule has 10 heteroatoms. The summed E-state index contributed by atoms with van der Waals surface area (Å²) in [6.45, 7) is 1.34. The molecule has 2 atom stereocenters. The second-order valence-electron chi connectivity index (χ2n) is 6.66. The minimum absolute atomic E-state index is 0.00152. The summed E-state index contributed by atoms with van der Waals surface area (Å²) in [7, 11) is 0. The van der Waals surface area contributed by atoms with Crippen LogP contribution in [0.3, 0.4) is 0 Å². The minimum atomic E-state index is -2.78. The molecule has 0 bridgehead atoms. The third-order valence-corrected chi connectivity index (χ3v) is 5.45. The molecule has 0 spiro atoms. The van der Waals surface area contributed by atoms with Crippen LogP contribution >= 0.6 is 23.2 Å². The van der Waals surface area contributed by atoms with Crippen LogP contribution in [0.2, 0.25) is 10.0 Å². The number of H-pyrrole nitrogens is 1. The Morgan fingerprint density at radius 3 is 2.44 bits per heavy atom. The second kappa shape index (κ2) is 6.17. The third kappa shape index (κ3) is 3.06. The Bertz CT molecular complexity index is 1000. The number of ether oxygens (including phenoxy) is 1. The van der Waals surface area contributed by atoms with E-state index in [1.54, 1.807) is 0 Å². The van der Waals surface area contributed by atoms with Crippen molar-refractivity contribution in [1.82, 2.24) is 10.2 Å². The topological polar surface area (TPSA) is 84.1 Å². The lowest BCUT2D eigenvalue weighted by molar-refractivity contribution is -0.114. The highest BCUT2D eigenvalue weighted by atomic mass is 35.5. The zero-order valence-electron chi connectivity index (χ0n) is 13.9. The first-order chi connectivity index (χ1) is 12.7. The fourth-order valence-corrected chi connectivity index (χ4v) is 4.06. The van der Waals surface area contributed by atoms with Crippen molar-refractivity contribution in [3.05, 3.63) is 43.7 Å². The van der Waals surface area contributed by atoms with Gasteiger partial charge in [-0.05, 0) is 25.0 Å². The summed E-state index contributed by atoms with van der Waals surface area (Å²) >= 11 is 12.4. The molecule has 2 N–H and O–H groups in total. The first-order valence-corrected chi connectivity index (χ1v) is 8.86. The van der Waals surface area contributed by atoms with Crippen LogP contribution < -0.4 is 15.6 Å². The van der Waals surface area contributed by atoms with Crippen LogP contribution in [0, 0.1) is 11.8 Å². The van der Waals surface area contributed by atoms with Gasteiger partial charge in [0.15, 0.2) is 5.75 Å². The molecule has 0 radical (unpaired) electrons. The summed E-state index contributed by atoms with van der Waals surface area (Å²) < 4.78 is 33.3. The molecule has 6 nitrogen and oxygen atoms in total. The highest BCUT2D eigenvalue weighted by Crippen LogP contribution is 2.61. The quantitative estimate of drug-likeness (QED) is 0.797. The molecule has 1 fully saturated rings. The van der Waals surface area contributed by atoms with E-state index in [2.05, 4.69) is 15.5 Å². The molecule has 2 aromatic rings. The van der Waals surface area contributed by atoms with E-state index >= 15 is 0 Å². The molecule has 1 aromatic heterocycles. The normalized spacial score (nSPS) is 21.8. The van der Waals surface area contributed by atoms with Crippen LogP contribution in [0.25, 0.3) is 0 Å². The predicted molar refractivity (Wildman–Crippen MR) is 95.0 cm³/mol. The van der Waals surface area contributed by atoms with E-state index in [4.69, 9.17) is 27.9 Å². The number of carbonyl (C=O) groups excluding carboxylic acids is 1. The van der Waals surface area contributed by atoms with E-state index in [-0.39, 0.29) is 46.0 Å². The number of hydrogen-bond donors (Lipinski definition) is 2. The van der Waals surface area contributed by atoms with Crippen molar-refractivity contribution in [2.45, 2.75) is 25.7 Å². The molecule has 0 saturated heterocycles. The maximum atomic E-state index is 13.8. The number of amides is 1. The molecular weight excluding hydrogens is 403 g/mol. The van der Waals surface area contributed by atoms with E-state index in [1.807, 2.05) is 0 Å². The average Bonchev–Trinajstić information content (AvgIpc) is 3.11. The van der Waals surface area contributed by atoms with E-state index < -0.39 is 23.3 Å². The highest BCUT2D eigenvalue weighted by Gasteiger charge is 2.69. The number of carbonyl (C=O) groups is 1. The van der Waals surface area contributed by atoms with Gasteiger partial charge in [0.2, 0.25) is 11.8 Å². The predicted octanol–water partition coefficient (Wildman–Crippen LogP) is 3.81. The summed E-state index contributed by atoms with van der Waals surface area (Å²) in [5, 5.41) is 8.86. The lowest BCUT2D eigenvalue weighted by Gasteiger charge is -2.17. The molecule has 1 heterocycles. The van der Waals surface area contributed by atoms with Crippen molar-refractivity contribution >= 4 is 34.8 Å². The van der Waals surface area contributed by atoms with Gasteiger partial charge in [-0.1, -0.05) is 23.2 Å². The van der Waals surface area contributed by atoms with Crippen LogP contribution in [0.4, 0.5) is 14.5 Å². The number of anilines is 1. The summed E-state index contributed by atoms with van der Waals surface area (Å²) in [6, 6.07) is 2.88. The van der Waals surface area contributed by atoms with Gasteiger partial charge in [-0.2, -0.15) is 0 Å². The number of halogens is 4. The fraction of sp³-hybridized carbons (Fsp3) is 0.353. The Hall–Kier alpha value is -2.19. The molecule has 142 valence electrons. The molecular formula is C17H13Cl2F2N3O3. The van der Waals surface area contributed by atoms with E-state index in [0.29, 0.717) is 11.3 Å². The van der Waals surface area contributed by atoms with Gasteiger partial charge in [-0.25, -0.2) is 13.9 Å². The van der Waals surface area contributed by atoms with Gasteiger partial charge >= 0.3 is 0 Å². The van der Waals surface area contributed by atoms with Crippen LogP contribution in [0.1, 0.15) is 18.1 Å². The lowest BCUT2D eigenvalue weighted by atomic mass is 9.94. The summed E-state index contributed by atoms with van der Waals surface area (Å²) in [6.07, 6.45) is -0.0252. The Balaban J connectivity index is 1.69. The van der Waals surface area contributed by atoms with Crippen molar-refractivity contribution in [3.8, 4) is 11.6 Å². The van der Waals surface area contributed by atoms with Gasteiger partial charge in [0.05, 0.1) is 10.0 Å². The molecule has 2 aliphatic carbocycles. The first-order valence-electron chi connectivity index (χ1n) is 8.11. The standard InChI is InChI=1S/C17H13Cl2F2N3O3/c1-6(25)22-7-2-12(18)14(13(19)3-7)27-16-9-5-11-10(17(11,20)21)4-8(9)15(26)23-24-16/h2-3,10-11H,4-5H2,1H3,(H,22,25)(H,23,26). The number of fused-ring (bicyclic) bond motifs is 2. The number of hydrogen-bond acceptors (Lipinski definition) is 4. The molecule has 2 aliphatic rings. The van der Waals surface area contributed by atoms with Crippen LogP contribution in [-0.4, -0.2) is 22.0 Å². The number of benzene rings is 1. The van der Waals surface area contributed by atoms with Gasteiger partial charge in [-0.15, -0.1) is 5.10 Å². The number of nitrogens with zero attached hydrogens (tertiary/aromatic N) is 1. The first kappa shape index (κ1) is 18.2. The number of alkyl halides is 2. The van der Waals surface area contributed by atoms with Gasteiger partial charge < -0.3 is 10.1 Å². The fourth-order valence-electron chi connectivity index (χ4n) is 3.50. The minimum Gasteiger partial charge on any atom is -0.434 e. The number of nitrogens with one attached hydrogen (secondary N) is 2. The van der Waals surface area contributed by atoms with Crippen molar-refractivity contribution < 1.29 is 18.3 Å². The lowest BCUT2D eigenvalue weighted by Crippen LogP contribution is -2.22. The van der Waals surface area contributed by atoms with Crippen molar-refractivity contribution in [2.75, 3.05) is 5.32 Å². The highest BCUT2D eigenvalue weighted by molar-refractivity contribution is 6.37. The van der Waals surface area contributed by atoms with Gasteiger partial charge in [0.1, 0.15) is 0 Å². The van der Waals surface area contributed by atoms with Crippen molar-refractivity contribution in [3.63, 3.8) is 0 Å². The zero-order valence-corrected chi connectivity index (χ0v) is 15.4. The summed E-state index contributed by atoms with van der Waals surface area (Å²) in [5.41, 5.74) is 0.467. The second-order valence-corrected chi connectivity index (χ2v) is 7.48. The van der Waals surface area contributed by atoms with Gasteiger partial charge in [-0.3, -0.25) is 9.59 Å². The molecule has 0 aliphatic heterocycles. The number of aromatic nitrogens is 2.